The van der Waals surface area contributed by atoms with E-state index in [1.807, 2.05) is 6.07 Å². The molecule has 9 nitrogen and oxygen atoms in total. The third kappa shape index (κ3) is 4.16. The van der Waals surface area contributed by atoms with Crippen LogP contribution in [0.5, 0.6) is 5.75 Å². The van der Waals surface area contributed by atoms with E-state index >= 15 is 0 Å². The smallest absolute Gasteiger partial charge is 0.205 e. The van der Waals surface area contributed by atoms with Crippen LogP contribution in [0, 0.1) is 6.92 Å². The van der Waals surface area contributed by atoms with Gasteiger partial charge < -0.3 is 14.7 Å². The Balaban J connectivity index is 1.37. The Hall–Kier alpha value is -4.01. The molecule has 1 unspecified atom stereocenters. The number of aromatic nitrogens is 8. The summed E-state index contributed by atoms with van der Waals surface area (Å²) in [6, 6.07) is 12.7. The predicted octanol–water partition coefficient (Wildman–Crippen LogP) is 5.02. The minimum Gasteiger partial charge on any atom is -0.489 e. The topological polar surface area (TPSA) is 121 Å². The summed E-state index contributed by atoms with van der Waals surface area (Å²) in [5, 5.41) is 14.6. The summed E-state index contributed by atoms with van der Waals surface area (Å²) in [5.74, 6) is 2.89. The molecule has 3 aromatic heterocycles. The van der Waals surface area contributed by atoms with Crippen LogP contribution < -0.4 is 4.74 Å². The van der Waals surface area contributed by atoms with Crippen molar-refractivity contribution in [3.05, 3.63) is 70.8 Å². The molecule has 0 saturated heterocycles. The number of benzene rings is 2. The van der Waals surface area contributed by atoms with Crippen molar-refractivity contribution in [2.75, 3.05) is 0 Å². The fourth-order valence-corrected chi connectivity index (χ4v) is 4.26. The molecule has 34 heavy (non-hydrogen) atoms. The fraction of sp³-hybridized carbons (Fsp3) is 0.320. The van der Waals surface area contributed by atoms with Crippen LogP contribution in [-0.2, 0) is 6.61 Å². The minimum atomic E-state index is 0.156. The second kappa shape index (κ2) is 9.09. The van der Waals surface area contributed by atoms with Crippen molar-refractivity contribution in [3.63, 3.8) is 0 Å². The summed E-state index contributed by atoms with van der Waals surface area (Å²) in [4.78, 5) is 15.3. The van der Waals surface area contributed by atoms with Crippen LogP contribution in [0.2, 0.25) is 0 Å². The van der Waals surface area contributed by atoms with Crippen LogP contribution in [0.1, 0.15) is 67.1 Å². The largest absolute Gasteiger partial charge is 0.489 e. The lowest BCUT2D eigenvalue weighted by molar-refractivity contribution is 0.304. The van der Waals surface area contributed by atoms with Crippen LogP contribution in [0.3, 0.4) is 0 Å². The molecule has 0 aliphatic rings. The van der Waals surface area contributed by atoms with Crippen molar-refractivity contribution in [2.45, 2.75) is 52.6 Å². The first kappa shape index (κ1) is 21.8. The molecule has 0 bridgehead atoms. The molecule has 0 radical (unpaired) electrons. The first-order chi connectivity index (χ1) is 16.5. The van der Waals surface area contributed by atoms with Crippen molar-refractivity contribution in [1.29, 1.82) is 0 Å². The van der Waals surface area contributed by atoms with Gasteiger partial charge in [-0.15, -0.1) is 10.2 Å². The maximum atomic E-state index is 6.25. The van der Waals surface area contributed by atoms with E-state index in [4.69, 9.17) is 4.74 Å². The van der Waals surface area contributed by atoms with E-state index < -0.39 is 0 Å². The summed E-state index contributed by atoms with van der Waals surface area (Å²) < 4.78 is 6.25. The zero-order chi connectivity index (χ0) is 23.7. The Bertz CT molecular complexity index is 1370. The molecule has 0 saturated carbocycles. The number of ether oxygens (including phenoxy) is 1. The van der Waals surface area contributed by atoms with Crippen molar-refractivity contribution >= 4 is 11.3 Å². The average Bonchev–Trinajstić information content (AvgIpc) is 3.57. The fourth-order valence-electron chi connectivity index (χ4n) is 4.26. The summed E-state index contributed by atoms with van der Waals surface area (Å²) >= 11 is 0. The Labute approximate surface area is 197 Å². The van der Waals surface area contributed by atoms with Gasteiger partial charge in [-0.25, -0.2) is 9.97 Å². The number of H-pyrrole nitrogens is 3. The molecule has 0 spiro atoms. The maximum Gasteiger partial charge on any atom is 0.205 e. The van der Waals surface area contributed by atoms with Gasteiger partial charge in [0, 0.05) is 17.0 Å². The second-order valence-electron chi connectivity index (χ2n) is 8.80. The lowest BCUT2D eigenvalue weighted by atomic mass is 9.94. The number of aryl methyl sites for hydroxylation is 1. The number of rotatable bonds is 8. The summed E-state index contributed by atoms with van der Waals surface area (Å²) in [6.07, 6.45) is 2.57. The van der Waals surface area contributed by atoms with E-state index in [1.54, 1.807) is 6.33 Å². The van der Waals surface area contributed by atoms with Crippen molar-refractivity contribution in [2.24, 2.45) is 0 Å². The molecule has 5 rings (SSSR count). The van der Waals surface area contributed by atoms with Gasteiger partial charge in [0.25, 0.3) is 0 Å². The monoisotopic (exact) mass is 456 g/mol. The molecule has 0 aliphatic heterocycles. The Morgan fingerprint density at radius 2 is 1.91 bits per heavy atom. The molecule has 0 amide bonds. The number of hydrogen-bond acceptors (Lipinski definition) is 6. The molecule has 1 atom stereocenters. The van der Waals surface area contributed by atoms with Crippen LogP contribution in [0.15, 0.2) is 42.7 Å². The maximum absolute atomic E-state index is 6.25. The minimum absolute atomic E-state index is 0.156. The first-order valence-corrected chi connectivity index (χ1v) is 11.5. The molecule has 174 valence electrons. The number of aromatic amines is 3. The number of tetrazole rings is 1. The molecule has 3 heterocycles. The molecule has 9 heteroatoms. The highest BCUT2D eigenvalue weighted by Gasteiger charge is 2.19. The van der Waals surface area contributed by atoms with Gasteiger partial charge in [-0.05, 0) is 53.3 Å². The lowest BCUT2D eigenvalue weighted by Crippen LogP contribution is -2.04. The molecule has 0 fully saturated rings. The average molecular weight is 457 g/mol. The zero-order valence-corrected chi connectivity index (χ0v) is 19.8. The number of imidazole rings is 2. The summed E-state index contributed by atoms with van der Waals surface area (Å²) in [7, 11) is 0. The van der Waals surface area contributed by atoms with Gasteiger partial charge >= 0.3 is 0 Å². The van der Waals surface area contributed by atoms with Crippen LogP contribution in [0.25, 0.3) is 22.7 Å². The third-order valence-corrected chi connectivity index (χ3v) is 6.21. The lowest BCUT2D eigenvalue weighted by Gasteiger charge is -2.17. The van der Waals surface area contributed by atoms with Crippen LogP contribution in [0.4, 0.5) is 0 Å². The van der Waals surface area contributed by atoms with Gasteiger partial charge in [-0.2, -0.15) is 5.21 Å². The first-order valence-electron chi connectivity index (χ1n) is 11.5. The summed E-state index contributed by atoms with van der Waals surface area (Å²) in [6.45, 7) is 8.98. The molecule has 3 N–H and O–H groups in total. The standard InChI is InChI=1S/C25H28N8O/c1-5-19(22-28-24-25(29-22)27-13-26-24)17-8-9-21(15(4)10-17)34-12-18-7-6-16(14(2)3)11-20(18)23-30-32-33-31-23/h6-11,13-14,19H,5,12H2,1-4H3,(H,26,27)(H,28,29)(H,30,31,32,33). The molecule has 0 aliphatic carbocycles. The molecule has 5 aromatic rings. The van der Waals surface area contributed by atoms with E-state index in [2.05, 4.69) is 98.6 Å². The van der Waals surface area contributed by atoms with E-state index in [9.17, 15) is 0 Å². The van der Waals surface area contributed by atoms with Gasteiger partial charge in [0.15, 0.2) is 11.3 Å². The van der Waals surface area contributed by atoms with Gasteiger partial charge in [-0.1, -0.05) is 45.0 Å². The highest BCUT2D eigenvalue weighted by atomic mass is 16.5. The van der Waals surface area contributed by atoms with E-state index in [0.717, 1.165) is 40.3 Å². The van der Waals surface area contributed by atoms with Crippen LogP contribution in [-0.4, -0.2) is 40.6 Å². The van der Waals surface area contributed by atoms with E-state index in [-0.39, 0.29) is 5.92 Å². The van der Waals surface area contributed by atoms with Gasteiger partial charge in [0.2, 0.25) is 5.82 Å². The Morgan fingerprint density at radius 3 is 2.62 bits per heavy atom. The second-order valence-corrected chi connectivity index (χ2v) is 8.80. The number of nitrogens with one attached hydrogen (secondary N) is 3. The van der Waals surface area contributed by atoms with E-state index in [0.29, 0.717) is 24.0 Å². The van der Waals surface area contributed by atoms with E-state index in [1.165, 1.54) is 11.1 Å². The van der Waals surface area contributed by atoms with Crippen LogP contribution >= 0.6 is 0 Å². The Morgan fingerprint density at radius 1 is 1.06 bits per heavy atom. The highest BCUT2D eigenvalue weighted by molar-refractivity contribution is 5.65. The normalized spacial score (nSPS) is 12.5. The molecule has 2 aromatic carbocycles. The highest BCUT2D eigenvalue weighted by Crippen LogP contribution is 2.32. The van der Waals surface area contributed by atoms with Crippen molar-refractivity contribution in [3.8, 4) is 17.1 Å². The van der Waals surface area contributed by atoms with Crippen molar-refractivity contribution < 1.29 is 4.74 Å². The predicted molar refractivity (Wildman–Crippen MR) is 130 cm³/mol. The Kier molecular flexibility index (Phi) is 5.83. The summed E-state index contributed by atoms with van der Waals surface area (Å²) in [5.41, 5.74) is 7.00. The van der Waals surface area contributed by atoms with Gasteiger partial charge in [0.05, 0.1) is 6.33 Å². The molecular weight excluding hydrogens is 428 g/mol. The number of fused-ring (bicyclic) bond motifs is 1. The molecular formula is C25H28N8O. The van der Waals surface area contributed by atoms with Crippen molar-refractivity contribution in [1.82, 2.24) is 40.6 Å². The SMILES string of the molecule is CCC(c1ccc(OCc2ccc(C(C)C)cc2-c2nn[nH]n2)c(C)c1)c1nc2nc[nH]c2[nH]1. The van der Waals surface area contributed by atoms with Gasteiger partial charge in [0.1, 0.15) is 18.2 Å². The zero-order valence-electron chi connectivity index (χ0n) is 19.8. The quantitative estimate of drug-likeness (QED) is 0.301. The number of hydrogen-bond donors (Lipinski definition) is 3. The van der Waals surface area contributed by atoms with Gasteiger partial charge in [-0.3, -0.25) is 0 Å². The number of nitrogens with zero attached hydrogens (tertiary/aromatic N) is 5. The third-order valence-electron chi connectivity index (χ3n) is 6.21.